The highest BCUT2D eigenvalue weighted by Crippen LogP contribution is 2.26. The number of halogens is 2. The molecule has 1 atom stereocenters. The lowest BCUT2D eigenvalue weighted by Gasteiger charge is -2.14. The third-order valence-corrected chi connectivity index (χ3v) is 5.98. The Morgan fingerprint density at radius 2 is 1.97 bits per heavy atom. The number of furan rings is 1. The fourth-order valence-electron chi connectivity index (χ4n) is 2.92. The van der Waals surface area contributed by atoms with Gasteiger partial charge in [0.05, 0.1) is 23.7 Å². The molecule has 0 saturated carbocycles. The van der Waals surface area contributed by atoms with Gasteiger partial charge in [0.15, 0.2) is 11.0 Å². The number of hydrogen-bond acceptors (Lipinski definition) is 6. The SMILES string of the molecule is C[C@@H](Sc1nnc(COc2ccc(Cl)cc2)n1Cc1ccco1)C(=O)Nc1ccccc1F. The van der Waals surface area contributed by atoms with Crippen LogP contribution in [0, 0.1) is 5.82 Å². The molecule has 0 spiro atoms. The van der Waals surface area contributed by atoms with Gasteiger partial charge in [-0.1, -0.05) is 35.5 Å². The maximum absolute atomic E-state index is 13.9. The number of carbonyl (C=O) groups is 1. The first-order valence-electron chi connectivity index (χ1n) is 10.0. The van der Waals surface area contributed by atoms with Crippen molar-refractivity contribution >= 4 is 35.0 Å². The monoisotopic (exact) mass is 486 g/mol. The van der Waals surface area contributed by atoms with E-state index in [1.54, 1.807) is 55.7 Å². The van der Waals surface area contributed by atoms with Crippen molar-refractivity contribution in [2.24, 2.45) is 0 Å². The second kappa shape index (κ2) is 10.5. The van der Waals surface area contributed by atoms with Crippen molar-refractivity contribution in [2.75, 3.05) is 5.32 Å². The minimum Gasteiger partial charge on any atom is -0.486 e. The van der Waals surface area contributed by atoms with Crippen LogP contribution in [0.25, 0.3) is 0 Å². The van der Waals surface area contributed by atoms with Crippen LogP contribution >= 0.6 is 23.4 Å². The number of para-hydroxylation sites is 1. The summed E-state index contributed by atoms with van der Waals surface area (Å²) in [5, 5.41) is 11.7. The molecule has 0 saturated heterocycles. The fraction of sp³-hybridized carbons (Fsp3) is 0.174. The van der Waals surface area contributed by atoms with Gasteiger partial charge in [-0.15, -0.1) is 10.2 Å². The van der Waals surface area contributed by atoms with E-state index >= 15 is 0 Å². The molecule has 0 aliphatic carbocycles. The Hall–Kier alpha value is -3.30. The van der Waals surface area contributed by atoms with Gasteiger partial charge in [-0.2, -0.15) is 0 Å². The lowest BCUT2D eigenvalue weighted by molar-refractivity contribution is -0.115. The van der Waals surface area contributed by atoms with Crippen molar-refractivity contribution in [1.82, 2.24) is 14.8 Å². The van der Waals surface area contributed by atoms with Gasteiger partial charge in [0.1, 0.15) is 23.9 Å². The molecule has 0 fully saturated rings. The van der Waals surface area contributed by atoms with E-state index in [2.05, 4.69) is 15.5 Å². The van der Waals surface area contributed by atoms with Gasteiger partial charge in [-0.05, 0) is 55.5 Å². The topological polar surface area (TPSA) is 82.2 Å². The zero-order valence-electron chi connectivity index (χ0n) is 17.6. The van der Waals surface area contributed by atoms with Crippen molar-refractivity contribution in [3.05, 3.63) is 89.4 Å². The molecule has 10 heteroatoms. The molecule has 0 aliphatic rings. The van der Waals surface area contributed by atoms with E-state index in [9.17, 15) is 9.18 Å². The third-order valence-electron chi connectivity index (χ3n) is 4.65. The summed E-state index contributed by atoms with van der Waals surface area (Å²) in [6.07, 6.45) is 1.58. The molecule has 4 rings (SSSR count). The molecule has 0 unspecified atom stereocenters. The predicted molar refractivity (Wildman–Crippen MR) is 124 cm³/mol. The number of amides is 1. The quantitative estimate of drug-likeness (QED) is 0.318. The third kappa shape index (κ3) is 5.94. The number of rotatable bonds is 9. The summed E-state index contributed by atoms with van der Waals surface area (Å²) in [7, 11) is 0. The van der Waals surface area contributed by atoms with E-state index in [-0.39, 0.29) is 18.2 Å². The van der Waals surface area contributed by atoms with Gasteiger partial charge in [0.25, 0.3) is 0 Å². The molecular weight excluding hydrogens is 467 g/mol. The molecule has 1 amide bonds. The van der Waals surface area contributed by atoms with Crippen LogP contribution in [0.15, 0.2) is 76.5 Å². The zero-order valence-corrected chi connectivity index (χ0v) is 19.1. The summed E-state index contributed by atoms with van der Waals surface area (Å²) < 4.78 is 27.0. The first-order valence-corrected chi connectivity index (χ1v) is 11.3. The number of nitrogens with one attached hydrogen (secondary N) is 1. The summed E-state index contributed by atoms with van der Waals surface area (Å²) in [6.45, 7) is 2.24. The van der Waals surface area contributed by atoms with Gasteiger partial charge >= 0.3 is 0 Å². The molecule has 33 heavy (non-hydrogen) atoms. The zero-order chi connectivity index (χ0) is 23.2. The molecule has 0 bridgehead atoms. The van der Waals surface area contributed by atoms with Crippen molar-refractivity contribution < 1.29 is 18.3 Å². The molecule has 0 aliphatic heterocycles. The smallest absolute Gasteiger partial charge is 0.237 e. The first-order chi connectivity index (χ1) is 16.0. The van der Waals surface area contributed by atoms with Crippen LogP contribution < -0.4 is 10.1 Å². The van der Waals surface area contributed by atoms with Gasteiger partial charge in [0.2, 0.25) is 5.91 Å². The van der Waals surface area contributed by atoms with Crippen LogP contribution in [0.1, 0.15) is 18.5 Å². The minimum absolute atomic E-state index is 0.129. The average Bonchev–Trinajstić information content (AvgIpc) is 3.46. The second-order valence-electron chi connectivity index (χ2n) is 7.04. The summed E-state index contributed by atoms with van der Waals surface area (Å²) >= 11 is 7.13. The molecule has 2 aromatic carbocycles. The Morgan fingerprint density at radius 3 is 2.70 bits per heavy atom. The number of nitrogens with zero attached hydrogens (tertiary/aromatic N) is 3. The van der Waals surface area contributed by atoms with E-state index in [1.165, 1.54) is 23.9 Å². The molecule has 0 radical (unpaired) electrons. The standard InChI is InChI=1S/C23H20ClFN4O3S/c1-15(22(30)26-20-7-3-2-6-19(20)25)33-23-28-27-21(29(23)13-18-5-4-12-31-18)14-32-17-10-8-16(24)9-11-17/h2-12,15H,13-14H2,1H3,(H,26,30)/t15-/m1/s1. The minimum atomic E-state index is -0.561. The van der Waals surface area contributed by atoms with Crippen LogP contribution in [0.4, 0.5) is 10.1 Å². The number of benzene rings is 2. The fourth-order valence-corrected chi connectivity index (χ4v) is 3.91. The highest BCUT2D eigenvalue weighted by Gasteiger charge is 2.22. The van der Waals surface area contributed by atoms with E-state index in [4.69, 9.17) is 20.8 Å². The Bertz CT molecular complexity index is 1210. The maximum atomic E-state index is 13.9. The van der Waals surface area contributed by atoms with Crippen molar-refractivity contribution in [1.29, 1.82) is 0 Å². The van der Waals surface area contributed by atoms with Crippen LogP contribution in [0.3, 0.4) is 0 Å². The Balaban J connectivity index is 1.49. The number of anilines is 1. The van der Waals surface area contributed by atoms with Crippen molar-refractivity contribution in [3.63, 3.8) is 0 Å². The molecule has 2 heterocycles. The maximum Gasteiger partial charge on any atom is 0.237 e. The summed E-state index contributed by atoms with van der Waals surface area (Å²) in [4.78, 5) is 12.6. The number of ether oxygens (including phenoxy) is 1. The molecule has 170 valence electrons. The Kier molecular flexibility index (Phi) is 7.31. The summed E-state index contributed by atoms with van der Waals surface area (Å²) in [6, 6.07) is 16.7. The van der Waals surface area contributed by atoms with E-state index in [0.29, 0.717) is 34.1 Å². The highest BCUT2D eigenvalue weighted by atomic mass is 35.5. The summed E-state index contributed by atoms with van der Waals surface area (Å²) in [5.41, 5.74) is 0.129. The number of aromatic nitrogens is 3. The van der Waals surface area contributed by atoms with Crippen LogP contribution in [-0.2, 0) is 17.9 Å². The van der Waals surface area contributed by atoms with E-state index in [0.717, 1.165) is 0 Å². The lowest BCUT2D eigenvalue weighted by atomic mass is 10.3. The lowest BCUT2D eigenvalue weighted by Crippen LogP contribution is -2.23. The highest BCUT2D eigenvalue weighted by molar-refractivity contribution is 8.00. The molecule has 4 aromatic rings. The second-order valence-corrected chi connectivity index (χ2v) is 8.78. The molecule has 7 nitrogen and oxygen atoms in total. The summed E-state index contributed by atoms with van der Waals surface area (Å²) in [5.74, 6) is 1.06. The molecule has 1 N–H and O–H groups in total. The number of carbonyl (C=O) groups excluding carboxylic acids is 1. The van der Waals surface area contributed by atoms with Crippen LogP contribution in [0.2, 0.25) is 5.02 Å². The number of hydrogen-bond donors (Lipinski definition) is 1. The first kappa shape index (κ1) is 22.9. The largest absolute Gasteiger partial charge is 0.486 e. The van der Waals surface area contributed by atoms with Crippen molar-refractivity contribution in [3.8, 4) is 5.75 Å². The molecule has 2 aromatic heterocycles. The normalized spacial score (nSPS) is 11.8. The van der Waals surface area contributed by atoms with Gasteiger partial charge in [-0.25, -0.2) is 4.39 Å². The van der Waals surface area contributed by atoms with E-state index < -0.39 is 11.1 Å². The Labute approximate surface area is 198 Å². The van der Waals surface area contributed by atoms with Crippen LogP contribution in [-0.4, -0.2) is 25.9 Å². The van der Waals surface area contributed by atoms with Gasteiger partial charge < -0.3 is 14.5 Å². The van der Waals surface area contributed by atoms with Crippen molar-refractivity contribution in [2.45, 2.75) is 30.5 Å². The average molecular weight is 487 g/mol. The molecular formula is C23H20ClFN4O3S. The van der Waals surface area contributed by atoms with Crippen LogP contribution in [0.5, 0.6) is 5.75 Å². The van der Waals surface area contributed by atoms with Gasteiger partial charge in [-0.3, -0.25) is 9.36 Å². The Morgan fingerprint density at radius 1 is 1.18 bits per heavy atom. The predicted octanol–water partition coefficient (Wildman–Crippen LogP) is 5.41. The van der Waals surface area contributed by atoms with Gasteiger partial charge in [0, 0.05) is 5.02 Å². The number of thioether (sulfide) groups is 1. The van der Waals surface area contributed by atoms with E-state index in [1.807, 2.05) is 10.6 Å².